The van der Waals surface area contributed by atoms with E-state index in [0.29, 0.717) is 17.5 Å². The van der Waals surface area contributed by atoms with Crippen LogP contribution in [-0.2, 0) is 9.59 Å². The van der Waals surface area contributed by atoms with Crippen LogP contribution in [0.5, 0.6) is 0 Å². The minimum atomic E-state index is 0.245. The Kier molecular flexibility index (Phi) is 3.42. The van der Waals surface area contributed by atoms with Crippen LogP contribution in [0.4, 0.5) is 0 Å². The smallest absolute Gasteiger partial charge is 0.155 e. The molecule has 6 atom stereocenters. The Labute approximate surface area is 140 Å². The normalized spacial score (nSPS) is 49.0. The summed E-state index contributed by atoms with van der Waals surface area (Å²) in [6.07, 6.45) is 10.9. The van der Waals surface area contributed by atoms with Gasteiger partial charge in [-0.05, 0) is 86.5 Å². The van der Waals surface area contributed by atoms with Crippen LogP contribution in [0.1, 0.15) is 72.1 Å². The van der Waals surface area contributed by atoms with Crippen LogP contribution in [0.3, 0.4) is 0 Å². The van der Waals surface area contributed by atoms with Crippen molar-refractivity contribution in [2.24, 2.45) is 34.5 Å². The van der Waals surface area contributed by atoms with Crippen molar-refractivity contribution in [1.29, 1.82) is 0 Å². The molecule has 0 bridgehead atoms. The van der Waals surface area contributed by atoms with Crippen LogP contribution < -0.4 is 0 Å². The van der Waals surface area contributed by atoms with E-state index in [2.05, 4.69) is 13.8 Å². The molecule has 0 aromatic carbocycles. The molecule has 3 saturated carbocycles. The summed E-state index contributed by atoms with van der Waals surface area (Å²) < 4.78 is 0. The van der Waals surface area contributed by atoms with Gasteiger partial charge in [-0.1, -0.05) is 19.4 Å². The molecular formula is C21H30O2. The lowest BCUT2D eigenvalue weighted by atomic mass is 9.47. The molecule has 2 heteroatoms. The van der Waals surface area contributed by atoms with Gasteiger partial charge in [0.05, 0.1) is 0 Å². The minimum Gasteiger partial charge on any atom is -0.300 e. The van der Waals surface area contributed by atoms with Gasteiger partial charge in [-0.25, -0.2) is 0 Å². The van der Waals surface area contributed by atoms with Gasteiger partial charge in [0.1, 0.15) is 5.78 Å². The molecule has 0 saturated heterocycles. The molecule has 0 spiro atoms. The maximum Gasteiger partial charge on any atom is 0.155 e. The van der Waals surface area contributed by atoms with E-state index in [-0.39, 0.29) is 10.8 Å². The van der Waals surface area contributed by atoms with Gasteiger partial charge < -0.3 is 0 Å². The summed E-state index contributed by atoms with van der Waals surface area (Å²) >= 11 is 0. The molecule has 2 nitrogen and oxygen atoms in total. The summed E-state index contributed by atoms with van der Waals surface area (Å²) in [5.41, 5.74) is 1.95. The van der Waals surface area contributed by atoms with Gasteiger partial charge in [-0.2, -0.15) is 0 Å². The first-order valence-corrected chi connectivity index (χ1v) is 9.60. The first-order chi connectivity index (χ1) is 10.9. The SMILES string of the molecule is CC(=O)[C@H]1CC[C@H]2[C@@H]3CCC4=CC(=O)CC[C@@]4(C)[C@@H]3CC[C@]12C. The predicted molar refractivity (Wildman–Crippen MR) is 90.9 cm³/mol. The zero-order valence-corrected chi connectivity index (χ0v) is 14.9. The lowest BCUT2D eigenvalue weighted by Crippen LogP contribution is -2.51. The number of ketones is 2. The number of rotatable bonds is 1. The van der Waals surface area contributed by atoms with Crippen molar-refractivity contribution in [2.45, 2.75) is 72.1 Å². The molecule has 0 heterocycles. The number of allylic oxidation sites excluding steroid dienone is 1. The molecule has 4 aliphatic rings. The van der Waals surface area contributed by atoms with E-state index in [0.717, 1.165) is 43.4 Å². The second-order valence-corrected chi connectivity index (χ2v) is 9.25. The second kappa shape index (κ2) is 5.04. The first-order valence-electron chi connectivity index (χ1n) is 9.60. The molecule has 0 radical (unpaired) electrons. The van der Waals surface area contributed by atoms with Gasteiger partial charge in [-0.3, -0.25) is 9.59 Å². The third kappa shape index (κ3) is 2.06. The number of Topliss-reactive ketones (excluding diaryl/α,β-unsaturated/α-hetero) is 1. The molecule has 4 rings (SSSR count). The van der Waals surface area contributed by atoms with Gasteiger partial charge >= 0.3 is 0 Å². The van der Waals surface area contributed by atoms with E-state index >= 15 is 0 Å². The number of carbonyl (C=O) groups is 2. The Hall–Kier alpha value is -0.920. The van der Waals surface area contributed by atoms with Crippen molar-refractivity contribution < 1.29 is 9.59 Å². The summed E-state index contributed by atoms with van der Waals surface area (Å²) in [7, 11) is 0. The third-order valence-corrected chi connectivity index (χ3v) is 8.45. The lowest BCUT2D eigenvalue weighted by molar-refractivity contribution is -0.128. The third-order valence-electron chi connectivity index (χ3n) is 8.45. The van der Waals surface area contributed by atoms with Crippen molar-refractivity contribution >= 4 is 11.6 Å². The highest BCUT2D eigenvalue weighted by molar-refractivity contribution is 5.91. The van der Waals surface area contributed by atoms with Crippen molar-refractivity contribution in [2.75, 3.05) is 0 Å². The molecule has 0 aromatic heterocycles. The van der Waals surface area contributed by atoms with E-state index in [9.17, 15) is 9.59 Å². The molecule has 0 amide bonds. The van der Waals surface area contributed by atoms with Crippen molar-refractivity contribution in [3.05, 3.63) is 11.6 Å². The van der Waals surface area contributed by atoms with Crippen LogP contribution in [0.15, 0.2) is 11.6 Å². The fourth-order valence-corrected chi connectivity index (χ4v) is 7.23. The van der Waals surface area contributed by atoms with Crippen LogP contribution in [0.2, 0.25) is 0 Å². The predicted octanol–water partition coefficient (Wildman–Crippen LogP) is 4.72. The number of fused-ring (bicyclic) bond motifs is 5. The topological polar surface area (TPSA) is 34.1 Å². The molecule has 126 valence electrons. The number of carbonyl (C=O) groups excluding carboxylic acids is 2. The Bertz CT molecular complexity index is 589. The monoisotopic (exact) mass is 314 g/mol. The van der Waals surface area contributed by atoms with Gasteiger partial charge in [0.15, 0.2) is 5.78 Å². The standard InChI is InChI=1S/C21H30O2/c1-13(22)17-6-7-18-16-5-4-14-12-15(23)8-10-20(14,2)19(16)9-11-21(17,18)3/h12,16-19H,4-11H2,1-3H3/t16-,17+,18-,19+,20+,21+/m0/s1. The van der Waals surface area contributed by atoms with Crippen molar-refractivity contribution in [1.82, 2.24) is 0 Å². The van der Waals surface area contributed by atoms with Gasteiger partial charge in [0, 0.05) is 12.3 Å². The number of hydrogen-bond acceptors (Lipinski definition) is 2. The molecule has 0 aromatic rings. The quantitative estimate of drug-likeness (QED) is 0.701. The molecule has 0 N–H and O–H groups in total. The first kappa shape index (κ1) is 15.6. The molecule has 0 aliphatic heterocycles. The summed E-state index contributed by atoms with van der Waals surface area (Å²) in [4.78, 5) is 24.0. The van der Waals surface area contributed by atoms with Crippen LogP contribution >= 0.6 is 0 Å². The molecule has 0 unspecified atom stereocenters. The maximum absolute atomic E-state index is 12.1. The minimum absolute atomic E-state index is 0.245. The average molecular weight is 314 g/mol. The summed E-state index contributed by atoms with van der Waals surface area (Å²) in [5, 5.41) is 0. The Morgan fingerprint density at radius 3 is 2.57 bits per heavy atom. The lowest BCUT2D eigenvalue weighted by Gasteiger charge is -2.58. The molecule has 23 heavy (non-hydrogen) atoms. The fourth-order valence-electron chi connectivity index (χ4n) is 7.23. The summed E-state index contributed by atoms with van der Waals surface area (Å²) in [5.74, 6) is 3.29. The van der Waals surface area contributed by atoms with Crippen LogP contribution in [0, 0.1) is 34.5 Å². The van der Waals surface area contributed by atoms with Gasteiger partial charge in [-0.15, -0.1) is 0 Å². The highest BCUT2D eigenvalue weighted by Crippen LogP contribution is 2.66. The molecule has 4 aliphatic carbocycles. The van der Waals surface area contributed by atoms with Gasteiger partial charge in [0.2, 0.25) is 0 Å². The summed E-state index contributed by atoms with van der Waals surface area (Å²) in [6, 6.07) is 0. The van der Waals surface area contributed by atoms with E-state index in [1.807, 2.05) is 6.08 Å². The molecule has 3 fully saturated rings. The van der Waals surface area contributed by atoms with Crippen LogP contribution in [0.25, 0.3) is 0 Å². The Balaban J connectivity index is 1.67. The number of hydrogen-bond donors (Lipinski definition) is 0. The van der Waals surface area contributed by atoms with E-state index in [1.165, 1.54) is 31.3 Å². The molecular weight excluding hydrogens is 284 g/mol. The average Bonchev–Trinajstić information content (AvgIpc) is 2.85. The Morgan fingerprint density at radius 1 is 1.04 bits per heavy atom. The zero-order chi connectivity index (χ0) is 16.4. The fraction of sp³-hybridized carbons (Fsp3) is 0.810. The van der Waals surface area contributed by atoms with Crippen molar-refractivity contribution in [3.8, 4) is 0 Å². The highest BCUT2D eigenvalue weighted by atomic mass is 16.1. The van der Waals surface area contributed by atoms with E-state index < -0.39 is 0 Å². The highest BCUT2D eigenvalue weighted by Gasteiger charge is 2.59. The maximum atomic E-state index is 12.1. The second-order valence-electron chi connectivity index (χ2n) is 9.25. The van der Waals surface area contributed by atoms with E-state index in [1.54, 1.807) is 6.92 Å². The van der Waals surface area contributed by atoms with Crippen molar-refractivity contribution in [3.63, 3.8) is 0 Å². The largest absolute Gasteiger partial charge is 0.300 e. The van der Waals surface area contributed by atoms with Crippen LogP contribution in [-0.4, -0.2) is 11.6 Å². The zero-order valence-electron chi connectivity index (χ0n) is 14.9. The van der Waals surface area contributed by atoms with Gasteiger partial charge in [0.25, 0.3) is 0 Å². The summed E-state index contributed by atoms with van der Waals surface area (Å²) in [6.45, 7) is 6.65. The Morgan fingerprint density at radius 2 is 1.83 bits per heavy atom. The van der Waals surface area contributed by atoms with E-state index in [4.69, 9.17) is 0 Å².